The fraction of sp³-hybridized carbons (Fsp3) is 0.571. The summed E-state index contributed by atoms with van der Waals surface area (Å²) in [6, 6.07) is 0. The molecular formula is C7H11N3O2. The maximum atomic E-state index is 10.3. The Kier molecular flexibility index (Phi) is 1.87. The van der Waals surface area contributed by atoms with E-state index >= 15 is 0 Å². The van der Waals surface area contributed by atoms with Gasteiger partial charge in [0.25, 0.3) is 0 Å². The normalized spacial score (nSPS) is 11.6. The summed E-state index contributed by atoms with van der Waals surface area (Å²) in [7, 11) is 0. The number of hydrogen-bond acceptors (Lipinski definition) is 3. The van der Waals surface area contributed by atoms with Gasteiger partial charge in [-0.2, -0.15) is 0 Å². The zero-order valence-corrected chi connectivity index (χ0v) is 7.31. The lowest BCUT2D eigenvalue weighted by Gasteiger charge is -2.18. The second kappa shape index (κ2) is 2.58. The number of rotatable bonds is 1. The highest BCUT2D eigenvalue weighted by molar-refractivity contribution is 5.13. The Morgan fingerprint density at radius 1 is 1.58 bits per heavy atom. The van der Waals surface area contributed by atoms with Crippen molar-refractivity contribution in [3.05, 3.63) is 22.6 Å². The Balaban J connectivity index is 3.00. The molecular weight excluding hydrogens is 158 g/mol. The van der Waals surface area contributed by atoms with Gasteiger partial charge in [0.05, 0.1) is 0 Å². The predicted octanol–water partition coefficient (Wildman–Crippen LogP) is 1.55. The van der Waals surface area contributed by atoms with Gasteiger partial charge in [0, 0.05) is 5.54 Å². The molecule has 1 aromatic heterocycles. The van der Waals surface area contributed by atoms with Gasteiger partial charge in [-0.3, -0.25) is 0 Å². The topological polar surface area (TPSA) is 61.0 Å². The van der Waals surface area contributed by atoms with Crippen LogP contribution in [0.25, 0.3) is 0 Å². The minimum absolute atomic E-state index is 0.107. The molecule has 1 aromatic rings. The van der Waals surface area contributed by atoms with Crippen molar-refractivity contribution < 1.29 is 4.92 Å². The number of nitro groups is 1. The van der Waals surface area contributed by atoms with Gasteiger partial charge in [-0.25, -0.2) is 0 Å². The number of hydrogen-bond donors (Lipinski definition) is 0. The highest BCUT2D eigenvalue weighted by Crippen LogP contribution is 2.16. The van der Waals surface area contributed by atoms with Crippen molar-refractivity contribution >= 4 is 5.82 Å². The molecule has 0 N–H and O–H groups in total. The lowest BCUT2D eigenvalue weighted by atomic mass is 10.1. The van der Waals surface area contributed by atoms with E-state index in [0.717, 1.165) is 0 Å². The Morgan fingerprint density at radius 2 is 2.17 bits per heavy atom. The largest absolute Gasteiger partial charge is 0.381 e. The van der Waals surface area contributed by atoms with Gasteiger partial charge in [-0.15, -0.1) is 0 Å². The number of nitrogens with zero attached hydrogens (tertiary/aromatic N) is 3. The average molecular weight is 169 g/mol. The van der Waals surface area contributed by atoms with Crippen molar-refractivity contribution in [1.82, 2.24) is 9.55 Å². The SMILES string of the molecule is CC(C)(C)n1cnc([N+](=O)[O-])c1. The summed E-state index contributed by atoms with van der Waals surface area (Å²) in [5, 5.41) is 10.3. The van der Waals surface area contributed by atoms with E-state index in [4.69, 9.17) is 0 Å². The molecule has 5 nitrogen and oxygen atoms in total. The standard InChI is InChI=1S/C7H11N3O2/c1-7(2,3)9-4-6(8-5-9)10(11)12/h4-5H,1-3H3. The van der Waals surface area contributed by atoms with Crippen molar-refractivity contribution in [2.45, 2.75) is 26.3 Å². The fourth-order valence-corrected chi connectivity index (χ4v) is 0.774. The Labute approximate surface area is 70.2 Å². The molecule has 1 rings (SSSR count). The fourth-order valence-electron chi connectivity index (χ4n) is 0.774. The first-order chi connectivity index (χ1) is 5.41. The van der Waals surface area contributed by atoms with Crippen molar-refractivity contribution in [3.63, 3.8) is 0 Å². The Bertz CT molecular complexity index is 298. The van der Waals surface area contributed by atoms with Crippen molar-refractivity contribution in [2.75, 3.05) is 0 Å². The van der Waals surface area contributed by atoms with E-state index in [0.29, 0.717) is 0 Å². The molecule has 5 heteroatoms. The third-order valence-corrected chi connectivity index (χ3v) is 1.53. The maximum Gasteiger partial charge on any atom is 0.381 e. The number of imidazole rings is 1. The molecule has 0 unspecified atom stereocenters. The van der Waals surface area contributed by atoms with Gasteiger partial charge in [0.1, 0.15) is 6.20 Å². The van der Waals surface area contributed by atoms with E-state index in [9.17, 15) is 10.1 Å². The molecule has 0 spiro atoms. The van der Waals surface area contributed by atoms with Crippen LogP contribution >= 0.6 is 0 Å². The zero-order valence-electron chi connectivity index (χ0n) is 7.31. The molecule has 0 radical (unpaired) electrons. The van der Waals surface area contributed by atoms with Crippen LogP contribution in [-0.2, 0) is 5.54 Å². The smallest absolute Gasteiger partial charge is 0.358 e. The Morgan fingerprint density at radius 3 is 2.42 bits per heavy atom. The summed E-state index contributed by atoms with van der Waals surface area (Å²) < 4.78 is 1.71. The molecule has 0 aliphatic carbocycles. The summed E-state index contributed by atoms with van der Waals surface area (Å²) in [5.41, 5.74) is -0.152. The Hall–Kier alpha value is -1.39. The highest BCUT2D eigenvalue weighted by Gasteiger charge is 2.18. The highest BCUT2D eigenvalue weighted by atomic mass is 16.6. The van der Waals surface area contributed by atoms with Crippen LogP contribution < -0.4 is 0 Å². The van der Waals surface area contributed by atoms with Crippen LogP contribution in [0.3, 0.4) is 0 Å². The van der Waals surface area contributed by atoms with Crippen LogP contribution in [0.4, 0.5) is 5.82 Å². The van der Waals surface area contributed by atoms with E-state index < -0.39 is 4.92 Å². The summed E-state index contributed by atoms with van der Waals surface area (Å²) in [5.74, 6) is -0.107. The van der Waals surface area contributed by atoms with E-state index in [1.54, 1.807) is 4.57 Å². The van der Waals surface area contributed by atoms with Crippen LogP contribution in [-0.4, -0.2) is 14.5 Å². The molecule has 0 bridgehead atoms. The summed E-state index contributed by atoms with van der Waals surface area (Å²) in [6.45, 7) is 5.87. The first kappa shape index (κ1) is 8.70. The summed E-state index contributed by atoms with van der Waals surface area (Å²) in [4.78, 5) is 13.4. The van der Waals surface area contributed by atoms with Crippen LogP contribution in [0, 0.1) is 10.1 Å². The maximum absolute atomic E-state index is 10.3. The average Bonchev–Trinajstić information content (AvgIpc) is 2.30. The molecule has 12 heavy (non-hydrogen) atoms. The second-order valence-electron chi connectivity index (χ2n) is 3.57. The van der Waals surface area contributed by atoms with Gasteiger partial charge >= 0.3 is 5.82 Å². The predicted molar refractivity (Wildman–Crippen MR) is 43.9 cm³/mol. The van der Waals surface area contributed by atoms with Crippen molar-refractivity contribution in [2.24, 2.45) is 0 Å². The van der Waals surface area contributed by atoms with Crippen LogP contribution in [0.2, 0.25) is 0 Å². The molecule has 0 atom stereocenters. The van der Waals surface area contributed by atoms with E-state index in [1.807, 2.05) is 20.8 Å². The lowest BCUT2D eigenvalue weighted by molar-refractivity contribution is -0.389. The molecule has 66 valence electrons. The van der Waals surface area contributed by atoms with Crippen LogP contribution in [0.5, 0.6) is 0 Å². The molecule has 0 amide bonds. The first-order valence-corrected chi connectivity index (χ1v) is 3.60. The van der Waals surface area contributed by atoms with Crippen LogP contribution in [0.15, 0.2) is 12.5 Å². The van der Waals surface area contributed by atoms with Crippen molar-refractivity contribution in [3.8, 4) is 0 Å². The molecule has 0 aliphatic rings. The van der Waals surface area contributed by atoms with Gasteiger partial charge < -0.3 is 14.7 Å². The minimum atomic E-state index is -0.498. The van der Waals surface area contributed by atoms with E-state index in [-0.39, 0.29) is 11.4 Å². The first-order valence-electron chi connectivity index (χ1n) is 3.60. The van der Waals surface area contributed by atoms with Gasteiger partial charge in [0.2, 0.25) is 6.33 Å². The quantitative estimate of drug-likeness (QED) is 0.473. The third-order valence-electron chi connectivity index (χ3n) is 1.53. The van der Waals surface area contributed by atoms with E-state index in [1.165, 1.54) is 12.5 Å². The molecule has 1 heterocycles. The van der Waals surface area contributed by atoms with Gasteiger partial charge in [-0.1, -0.05) is 0 Å². The monoisotopic (exact) mass is 169 g/mol. The third kappa shape index (κ3) is 1.61. The summed E-state index contributed by atoms with van der Waals surface area (Å²) >= 11 is 0. The summed E-state index contributed by atoms with van der Waals surface area (Å²) in [6.07, 6.45) is 2.90. The van der Waals surface area contributed by atoms with Gasteiger partial charge in [0.15, 0.2) is 0 Å². The van der Waals surface area contributed by atoms with Crippen molar-refractivity contribution in [1.29, 1.82) is 0 Å². The second-order valence-corrected chi connectivity index (χ2v) is 3.57. The van der Waals surface area contributed by atoms with E-state index in [2.05, 4.69) is 4.98 Å². The molecule has 0 fully saturated rings. The van der Waals surface area contributed by atoms with Gasteiger partial charge in [-0.05, 0) is 30.7 Å². The molecule has 0 saturated heterocycles. The molecule has 0 aromatic carbocycles. The molecule has 0 saturated carbocycles. The van der Waals surface area contributed by atoms with Crippen LogP contribution in [0.1, 0.15) is 20.8 Å². The molecule has 0 aliphatic heterocycles. The minimum Gasteiger partial charge on any atom is -0.358 e. The zero-order chi connectivity index (χ0) is 9.35. The lowest BCUT2D eigenvalue weighted by Crippen LogP contribution is -2.19. The number of aromatic nitrogens is 2.